The molecular formula is C13H21N5O2. The summed E-state index contributed by atoms with van der Waals surface area (Å²) in [7, 11) is 0. The van der Waals surface area contributed by atoms with Gasteiger partial charge in [0, 0.05) is 25.7 Å². The molecule has 2 heterocycles. The largest absolute Gasteiger partial charge is 0.370 e. The monoisotopic (exact) mass is 279 g/mol. The topological polar surface area (TPSA) is 83.3 Å². The van der Waals surface area contributed by atoms with E-state index < -0.39 is 4.92 Å². The Morgan fingerprint density at radius 2 is 2.10 bits per heavy atom. The molecule has 0 radical (unpaired) electrons. The third-order valence-corrected chi connectivity index (χ3v) is 3.35. The van der Waals surface area contributed by atoms with E-state index in [1.165, 1.54) is 18.9 Å². The Bertz CT molecular complexity index is 460. The molecule has 0 aliphatic carbocycles. The number of nitro groups is 1. The molecule has 0 spiro atoms. The summed E-state index contributed by atoms with van der Waals surface area (Å²) in [4.78, 5) is 17.2. The zero-order valence-corrected chi connectivity index (χ0v) is 11.8. The van der Waals surface area contributed by atoms with Crippen LogP contribution in [0.4, 0.5) is 17.3 Å². The number of likely N-dealkylation sites (tertiary alicyclic amines) is 1. The minimum Gasteiger partial charge on any atom is -0.370 e. The zero-order chi connectivity index (χ0) is 14.4. The Hall–Kier alpha value is -1.89. The lowest BCUT2D eigenvalue weighted by molar-refractivity contribution is -0.384. The van der Waals surface area contributed by atoms with Crippen LogP contribution in [0.3, 0.4) is 0 Å². The van der Waals surface area contributed by atoms with Crippen molar-refractivity contribution in [3.8, 4) is 0 Å². The molecule has 20 heavy (non-hydrogen) atoms. The average molecular weight is 279 g/mol. The first-order chi connectivity index (χ1) is 9.70. The van der Waals surface area contributed by atoms with Crippen LogP contribution in [-0.4, -0.2) is 47.5 Å². The molecule has 7 heteroatoms. The highest BCUT2D eigenvalue weighted by Gasteiger charge is 2.16. The van der Waals surface area contributed by atoms with Gasteiger partial charge in [0.15, 0.2) is 0 Å². The molecule has 2 N–H and O–H groups in total. The minimum absolute atomic E-state index is 0.0214. The molecule has 1 aromatic heterocycles. The fourth-order valence-corrected chi connectivity index (χ4v) is 2.35. The third-order valence-electron chi connectivity index (χ3n) is 3.35. The van der Waals surface area contributed by atoms with E-state index in [0.717, 1.165) is 26.2 Å². The fraction of sp³-hybridized carbons (Fsp3) is 0.615. The van der Waals surface area contributed by atoms with Crippen molar-refractivity contribution in [3.05, 3.63) is 22.2 Å². The van der Waals surface area contributed by atoms with Crippen LogP contribution < -0.4 is 10.6 Å². The summed E-state index contributed by atoms with van der Waals surface area (Å²) in [6, 6.07) is 3.12. The maximum Gasteiger partial charge on any atom is 0.311 e. The maximum absolute atomic E-state index is 11.0. The van der Waals surface area contributed by atoms with Crippen LogP contribution in [0.15, 0.2) is 12.1 Å². The molecule has 1 aliphatic rings. The van der Waals surface area contributed by atoms with Gasteiger partial charge in [-0.3, -0.25) is 10.1 Å². The van der Waals surface area contributed by atoms with Crippen LogP contribution in [0.2, 0.25) is 0 Å². The summed E-state index contributed by atoms with van der Waals surface area (Å²) in [6.45, 7) is 6.50. The number of nitrogens with zero attached hydrogens (tertiary/aromatic N) is 3. The van der Waals surface area contributed by atoms with Gasteiger partial charge in [-0.05, 0) is 38.9 Å². The lowest BCUT2D eigenvalue weighted by atomic mass is 10.3. The van der Waals surface area contributed by atoms with Gasteiger partial charge >= 0.3 is 5.69 Å². The molecule has 7 nitrogen and oxygen atoms in total. The Balaban J connectivity index is 1.98. The van der Waals surface area contributed by atoms with Crippen LogP contribution in [0.25, 0.3) is 0 Å². The Morgan fingerprint density at radius 3 is 2.75 bits per heavy atom. The molecule has 0 atom stereocenters. The number of aromatic nitrogens is 1. The molecule has 2 rings (SSSR count). The SMILES string of the molecule is CCNc1ccc([N+](=O)[O-])c(NCCN2CCCC2)n1. The molecule has 1 fully saturated rings. The zero-order valence-electron chi connectivity index (χ0n) is 11.8. The lowest BCUT2D eigenvalue weighted by Gasteiger charge is -2.15. The summed E-state index contributed by atoms with van der Waals surface area (Å²) >= 11 is 0. The number of nitrogens with one attached hydrogen (secondary N) is 2. The fourth-order valence-electron chi connectivity index (χ4n) is 2.35. The van der Waals surface area contributed by atoms with Gasteiger partial charge in [0.2, 0.25) is 5.82 Å². The van der Waals surface area contributed by atoms with E-state index in [1.807, 2.05) is 6.92 Å². The van der Waals surface area contributed by atoms with Crippen molar-refractivity contribution in [2.75, 3.05) is 43.4 Å². The highest BCUT2D eigenvalue weighted by atomic mass is 16.6. The van der Waals surface area contributed by atoms with Crippen LogP contribution >= 0.6 is 0 Å². The van der Waals surface area contributed by atoms with Crippen LogP contribution in [0.5, 0.6) is 0 Å². The van der Waals surface area contributed by atoms with Gasteiger partial charge in [0.05, 0.1) is 4.92 Å². The first-order valence-corrected chi connectivity index (χ1v) is 7.06. The van der Waals surface area contributed by atoms with E-state index in [2.05, 4.69) is 20.5 Å². The normalized spacial score (nSPS) is 15.2. The smallest absolute Gasteiger partial charge is 0.311 e. The molecule has 0 aromatic carbocycles. The number of hydrogen-bond acceptors (Lipinski definition) is 6. The predicted octanol–water partition coefficient (Wildman–Crippen LogP) is 1.93. The second-order valence-electron chi connectivity index (χ2n) is 4.83. The molecule has 1 aliphatic heterocycles. The van der Waals surface area contributed by atoms with Crippen molar-refractivity contribution >= 4 is 17.3 Å². The number of hydrogen-bond donors (Lipinski definition) is 2. The van der Waals surface area contributed by atoms with E-state index in [9.17, 15) is 10.1 Å². The quantitative estimate of drug-likeness (QED) is 0.586. The molecule has 1 saturated heterocycles. The van der Waals surface area contributed by atoms with Crippen molar-refractivity contribution in [2.24, 2.45) is 0 Å². The van der Waals surface area contributed by atoms with Gasteiger partial charge < -0.3 is 15.5 Å². The maximum atomic E-state index is 11.0. The first kappa shape index (κ1) is 14.5. The standard InChI is InChI=1S/C13H21N5O2/c1-2-14-12-6-5-11(18(19)20)13(16-12)15-7-10-17-8-3-4-9-17/h5-6H,2-4,7-10H2,1H3,(H2,14,15,16). The average Bonchev–Trinajstić information content (AvgIpc) is 2.92. The van der Waals surface area contributed by atoms with Gasteiger partial charge in [0.1, 0.15) is 5.82 Å². The Kier molecular flexibility index (Phi) is 5.11. The predicted molar refractivity (Wildman–Crippen MR) is 79.2 cm³/mol. The van der Waals surface area contributed by atoms with Gasteiger partial charge in [-0.25, -0.2) is 4.98 Å². The summed E-state index contributed by atoms with van der Waals surface area (Å²) in [6.07, 6.45) is 2.49. The van der Waals surface area contributed by atoms with Crippen molar-refractivity contribution in [1.82, 2.24) is 9.88 Å². The van der Waals surface area contributed by atoms with Crippen molar-refractivity contribution in [1.29, 1.82) is 0 Å². The second kappa shape index (κ2) is 7.04. The molecular weight excluding hydrogens is 258 g/mol. The molecule has 0 saturated carbocycles. The molecule has 110 valence electrons. The summed E-state index contributed by atoms with van der Waals surface area (Å²) < 4.78 is 0. The van der Waals surface area contributed by atoms with Crippen LogP contribution in [0.1, 0.15) is 19.8 Å². The third kappa shape index (κ3) is 3.80. The summed E-state index contributed by atoms with van der Waals surface area (Å²) in [5.41, 5.74) is 0.0214. The first-order valence-electron chi connectivity index (χ1n) is 7.06. The lowest BCUT2D eigenvalue weighted by Crippen LogP contribution is -2.26. The Morgan fingerprint density at radius 1 is 1.35 bits per heavy atom. The number of rotatable bonds is 7. The van der Waals surface area contributed by atoms with Crippen LogP contribution in [0, 0.1) is 10.1 Å². The van der Waals surface area contributed by atoms with E-state index in [0.29, 0.717) is 18.2 Å². The second-order valence-corrected chi connectivity index (χ2v) is 4.83. The molecule has 0 unspecified atom stereocenters. The molecule has 0 bridgehead atoms. The van der Waals surface area contributed by atoms with Crippen LogP contribution in [-0.2, 0) is 0 Å². The molecule has 1 aromatic rings. The Labute approximate surface area is 118 Å². The minimum atomic E-state index is -0.402. The van der Waals surface area contributed by atoms with Crippen molar-refractivity contribution in [3.63, 3.8) is 0 Å². The van der Waals surface area contributed by atoms with Crippen molar-refractivity contribution in [2.45, 2.75) is 19.8 Å². The summed E-state index contributed by atoms with van der Waals surface area (Å²) in [5, 5.41) is 17.2. The van der Waals surface area contributed by atoms with E-state index in [4.69, 9.17) is 0 Å². The van der Waals surface area contributed by atoms with E-state index >= 15 is 0 Å². The van der Waals surface area contributed by atoms with Gasteiger partial charge in [-0.1, -0.05) is 0 Å². The summed E-state index contributed by atoms with van der Waals surface area (Å²) in [5.74, 6) is 0.995. The van der Waals surface area contributed by atoms with E-state index in [1.54, 1.807) is 6.07 Å². The highest BCUT2D eigenvalue weighted by molar-refractivity contribution is 5.60. The highest BCUT2D eigenvalue weighted by Crippen LogP contribution is 2.23. The van der Waals surface area contributed by atoms with Gasteiger partial charge in [-0.2, -0.15) is 0 Å². The van der Waals surface area contributed by atoms with Gasteiger partial charge in [0.25, 0.3) is 0 Å². The number of anilines is 2. The number of pyridine rings is 1. The van der Waals surface area contributed by atoms with Crippen molar-refractivity contribution < 1.29 is 4.92 Å². The van der Waals surface area contributed by atoms with Gasteiger partial charge in [-0.15, -0.1) is 0 Å². The van der Waals surface area contributed by atoms with E-state index in [-0.39, 0.29) is 5.69 Å². The molecule has 0 amide bonds.